The van der Waals surface area contributed by atoms with E-state index in [1.165, 1.54) is 32.6 Å². The largest absolute Gasteiger partial charge is 0.318 e. The number of benzene rings is 8. The number of nitriles is 1. The molecule has 0 N–H and O–H groups in total. The summed E-state index contributed by atoms with van der Waals surface area (Å²) in [7, 11) is 0. The van der Waals surface area contributed by atoms with Crippen molar-refractivity contribution in [2.75, 3.05) is 0 Å². The maximum absolute atomic E-state index is 10.3. The average Bonchev–Trinajstić information content (AvgIpc) is 3.89. The first-order valence-electron chi connectivity index (χ1n) is 18.3. The van der Waals surface area contributed by atoms with Crippen molar-refractivity contribution in [3.8, 4) is 34.3 Å². The third-order valence-electron chi connectivity index (χ3n) is 11.1. The van der Waals surface area contributed by atoms with Crippen LogP contribution in [0, 0.1) is 17.9 Å². The minimum Gasteiger partial charge on any atom is -0.318 e. The molecule has 0 radical (unpaired) electrons. The van der Waals surface area contributed by atoms with Crippen molar-refractivity contribution in [3.05, 3.63) is 193 Å². The van der Waals surface area contributed by atoms with Crippen LogP contribution in [-0.2, 0) is 0 Å². The van der Waals surface area contributed by atoms with Crippen LogP contribution >= 0.6 is 0 Å². The van der Waals surface area contributed by atoms with Gasteiger partial charge in [-0.15, -0.1) is 0 Å². The van der Waals surface area contributed by atoms with E-state index in [4.69, 9.17) is 6.57 Å². The van der Waals surface area contributed by atoms with Gasteiger partial charge in [-0.2, -0.15) is 5.26 Å². The molecule has 0 bridgehead atoms. The molecule has 254 valence electrons. The molecule has 3 heterocycles. The Labute approximate surface area is 316 Å². The first-order chi connectivity index (χ1) is 27.2. The van der Waals surface area contributed by atoms with Crippen LogP contribution in [-0.4, -0.2) is 13.7 Å². The van der Waals surface area contributed by atoms with Gasteiger partial charge in [0.15, 0.2) is 0 Å². The zero-order chi connectivity index (χ0) is 36.6. The number of hydrogen-bond donors (Lipinski definition) is 0. The van der Waals surface area contributed by atoms with E-state index >= 15 is 0 Å². The van der Waals surface area contributed by atoms with Gasteiger partial charge in [-0.25, -0.2) is 4.85 Å². The van der Waals surface area contributed by atoms with Crippen molar-refractivity contribution >= 4 is 71.1 Å². The van der Waals surface area contributed by atoms with E-state index in [1.54, 1.807) is 0 Å². The Bertz CT molecular complexity index is 3420. The van der Waals surface area contributed by atoms with Gasteiger partial charge in [-0.05, 0) is 60.2 Å². The summed E-state index contributed by atoms with van der Waals surface area (Å²) in [5.74, 6) is 0. The third kappa shape index (κ3) is 4.39. The van der Waals surface area contributed by atoms with Gasteiger partial charge in [0.05, 0.1) is 56.6 Å². The zero-order valence-corrected chi connectivity index (χ0v) is 29.5. The van der Waals surface area contributed by atoms with E-state index in [1.807, 2.05) is 36.4 Å². The highest BCUT2D eigenvalue weighted by Crippen LogP contribution is 2.42. The van der Waals surface area contributed by atoms with Gasteiger partial charge in [0, 0.05) is 43.6 Å². The Hall–Kier alpha value is -7.86. The quantitative estimate of drug-likeness (QED) is 0.169. The van der Waals surface area contributed by atoms with Gasteiger partial charge >= 0.3 is 0 Å². The monoisotopic (exact) mass is 699 g/mol. The number of nitrogens with zero attached hydrogens (tertiary/aromatic N) is 5. The summed E-state index contributed by atoms with van der Waals surface area (Å²) in [6, 6.07) is 63.7. The fraction of sp³-hybridized carbons (Fsp3) is 0. The van der Waals surface area contributed by atoms with E-state index in [0.29, 0.717) is 11.3 Å². The Morgan fingerprint density at radius 3 is 1.64 bits per heavy atom. The lowest BCUT2D eigenvalue weighted by atomic mass is 10.0. The molecule has 11 aromatic rings. The van der Waals surface area contributed by atoms with Gasteiger partial charge in [0.25, 0.3) is 0 Å². The highest BCUT2D eigenvalue weighted by atomic mass is 15.0. The molecule has 55 heavy (non-hydrogen) atoms. The second kappa shape index (κ2) is 11.8. The second-order valence-corrected chi connectivity index (χ2v) is 13.9. The normalized spacial score (nSPS) is 11.6. The summed E-state index contributed by atoms with van der Waals surface area (Å²) in [5, 5.41) is 17.1. The molecule has 0 fully saturated rings. The molecule has 0 aliphatic carbocycles. The molecule has 0 aliphatic rings. The Balaban J connectivity index is 1.18. The summed E-state index contributed by atoms with van der Waals surface area (Å²) in [6.45, 7) is 8.23. The predicted molar refractivity (Wildman–Crippen MR) is 226 cm³/mol. The van der Waals surface area contributed by atoms with E-state index in [9.17, 15) is 5.26 Å². The lowest BCUT2D eigenvalue weighted by Gasteiger charge is -2.17. The molecule has 0 saturated heterocycles. The topological polar surface area (TPSA) is 42.9 Å². The molecule has 0 unspecified atom stereocenters. The smallest absolute Gasteiger partial charge is 0.210 e. The van der Waals surface area contributed by atoms with Crippen molar-refractivity contribution in [3.63, 3.8) is 0 Å². The van der Waals surface area contributed by atoms with Crippen LogP contribution in [0.1, 0.15) is 5.56 Å². The highest BCUT2D eigenvalue weighted by molar-refractivity contribution is 6.13. The number of fused-ring (bicyclic) bond motifs is 9. The van der Waals surface area contributed by atoms with Crippen molar-refractivity contribution in [1.82, 2.24) is 13.7 Å². The summed E-state index contributed by atoms with van der Waals surface area (Å²) < 4.78 is 6.85. The Kier molecular flexibility index (Phi) is 6.61. The van der Waals surface area contributed by atoms with Crippen LogP contribution in [0.4, 0.5) is 5.69 Å². The molecular weight excluding hydrogens is 671 g/mol. The van der Waals surface area contributed by atoms with Crippen molar-refractivity contribution in [2.24, 2.45) is 0 Å². The molecule has 0 saturated carbocycles. The van der Waals surface area contributed by atoms with Crippen LogP contribution in [0.3, 0.4) is 0 Å². The maximum atomic E-state index is 10.3. The highest BCUT2D eigenvalue weighted by Gasteiger charge is 2.21. The van der Waals surface area contributed by atoms with E-state index in [-0.39, 0.29) is 0 Å². The Morgan fingerprint density at radius 1 is 0.436 bits per heavy atom. The van der Waals surface area contributed by atoms with Crippen molar-refractivity contribution in [2.45, 2.75) is 0 Å². The minimum absolute atomic E-state index is 0.518. The zero-order valence-electron chi connectivity index (χ0n) is 29.5. The van der Waals surface area contributed by atoms with E-state index in [0.717, 1.165) is 61.0 Å². The SMILES string of the molecule is [C-]#[N+]c1ccc(-c2ccccc2-n2c3ccccc3c3ccc(-n4c5ccccc5c5ccccc54)cc32)cc1-n1c2ccccc2c2cccc(C#N)c21. The predicted octanol–water partition coefficient (Wildman–Crippen LogP) is 13.1. The molecule has 3 aromatic heterocycles. The summed E-state index contributed by atoms with van der Waals surface area (Å²) in [5.41, 5.74) is 12.3. The maximum Gasteiger partial charge on any atom is 0.210 e. The first kappa shape index (κ1) is 30.7. The lowest BCUT2D eigenvalue weighted by molar-refractivity contribution is 1.15. The summed E-state index contributed by atoms with van der Waals surface area (Å²) in [6.07, 6.45) is 0. The Morgan fingerprint density at radius 2 is 0.982 bits per heavy atom. The first-order valence-corrected chi connectivity index (χ1v) is 18.3. The molecule has 0 atom stereocenters. The summed E-state index contributed by atoms with van der Waals surface area (Å²) in [4.78, 5) is 4.00. The van der Waals surface area contributed by atoms with Crippen LogP contribution in [0.15, 0.2) is 176 Å². The van der Waals surface area contributed by atoms with Gasteiger partial charge < -0.3 is 13.7 Å². The third-order valence-corrected chi connectivity index (χ3v) is 11.1. The molecule has 5 nitrogen and oxygen atoms in total. The van der Waals surface area contributed by atoms with Crippen molar-refractivity contribution < 1.29 is 0 Å². The summed E-state index contributed by atoms with van der Waals surface area (Å²) >= 11 is 0. The molecule has 0 aliphatic heterocycles. The van der Waals surface area contributed by atoms with Crippen LogP contribution in [0.2, 0.25) is 0 Å². The second-order valence-electron chi connectivity index (χ2n) is 13.9. The number of para-hydroxylation sites is 6. The fourth-order valence-corrected chi connectivity index (χ4v) is 8.79. The molecule has 11 rings (SSSR count). The van der Waals surface area contributed by atoms with Gasteiger partial charge in [-0.3, -0.25) is 0 Å². The van der Waals surface area contributed by atoms with E-state index < -0.39 is 0 Å². The van der Waals surface area contributed by atoms with Gasteiger partial charge in [0.1, 0.15) is 6.07 Å². The van der Waals surface area contributed by atoms with E-state index in [2.05, 4.69) is 164 Å². The van der Waals surface area contributed by atoms with Crippen LogP contribution in [0.5, 0.6) is 0 Å². The molecular formula is C50H29N5. The number of aromatic nitrogens is 3. The van der Waals surface area contributed by atoms with Gasteiger partial charge in [0.2, 0.25) is 5.69 Å². The standard InChI is InChI=1S/C50H29N5/c1-52-42-28-25-32(29-49(42)55-47-24-11-6-18-39(47)41-19-12-13-33(31-51)50(41)55)35-14-2-7-20-43(35)54-46-23-10-5-17-38(46)40-27-26-34(30-48(40)54)53-44-21-8-3-15-36(44)37-16-4-9-22-45(37)53/h2-30H. The number of hydrogen-bond acceptors (Lipinski definition) is 1. The fourth-order valence-electron chi connectivity index (χ4n) is 8.79. The lowest BCUT2D eigenvalue weighted by Crippen LogP contribution is -2.00. The molecule has 0 amide bonds. The molecule has 0 spiro atoms. The van der Waals surface area contributed by atoms with Crippen LogP contribution in [0.25, 0.3) is 98.5 Å². The number of rotatable bonds is 4. The molecule has 8 aromatic carbocycles. The van der Waals surface area contributed by atoms with Gasteiger partial charge in [-0.1, -0.05) is 121 Å². The average molecular weight is 700 g/mol. The van der Waals surface area contributed by atoms with Crippen LogP contribution < -0.4 is 0 Å². The molecule has 5 heteroatoms. The minimum atomic E-state index is 0.518. The van der Waals surface area contributed by atoms with Crippen molar-refractivity contribution in [1.29, 1.82) is 5.26 Å².